The molecule has 0 fully saturated rings. The molecular formula is C12H11F3O3. The van der Waals surface area contributed by atoms with Crippen LogP contribution in [0, 0.1) is 6.92 Å². The topological polar surface area (TPSA) is 46.5 Å². The average Bonchev–Trinajstić information content (AvgIpc) is 2.23. The molecule has 1 aromatic rings. The highest BCUT2D eigenvalue weighted by Gasteiger charge is 2.28. The molecule has 3 nitrogen and oxygen atoms in total. The van der Waals surface area contributed by atoms with Crippen LogP contribution in [0.3, 0.4) is 0 Å². The van der Waals surface area contributed by atoms with E-state index in [2.05, 4.69) is 4.74 Å². The van der Waals surface area contributed by atoms with Gasteiger partial charge in [0.2, 0.25) is 0 Å². The Hall–Kier alpha value is -1.98. The van der Waals surface area contributed by atoms with Gasteiger partial charge in [-0.3, -0.25) is 0 Å². The smallest absolute Gasteiger partial charge is 0.422 e. The predicted octanol–water partition coefficient (Wildman–Crippen LogP) is 3.03. The van der Waals surface area contributed by atoms with Gasteiger partial charge < -0.3 is 9.84 Å². The van der Waals surface area contributed by atoms with E-state index in [1.165, 1.54) is 12.1 Å². The predicted molar refractivity (Wildman–Crippen MR) is 59.4 cm³/mol. The summed E-state index contributed by atoms with van der Waals surface area (Å²) >= 11 is 0. The zero-order chi connectivity index (χ0) is 13.8. The SMILES string of the molecule is Cc1ccc(OCC(F)(F)F)c(C=CC(=O)O)c1. The largest absolute Gasteiger partial charge is 0.484 e. The summed E-state index contributed by atoms with van der Waals surface area (Å²) in [5, 5.41) is 8.49. The number of carbonyl (C=O) groups is 1. The highest BCUT2D eigenvalue weighted by atomic mass is 19.4. The van der Waals surface area contributed by atoms with Crippen molar-refractivity contribution in [3.05, 3.63) is 35.4 Å². The van der Waals surface area contributed by atoms with Gasteiger partial charge in [-0.1, -0.05) is 11.6 Å². The Labute approximate surface area is 101 Å². The van der Waals surface area contributed by atoms with E-state index >= 15 is 0 Å². The molecule has 0 saturated carbocycles. The highest BCUT2D eigenvalue weighted by molar-refractivity contribution is 5.85. The van der Waals surface area contributed by atoms with Gasteiger partial charge in [0.05, 0.1) is 0 Å². The van der Waals surface area contributed by atoms with Crippen LogP contribution in [0.1, 0.15) is 11.1 Å². The molecule has 0 aliphatic heterocycles. The van der Waals surface area contributed by atoms with Gasteiger partial charge in [-0.15, -0.1) is 0 Å². The first-order chi connectivity index (χ1) is 8.28. The zero-order valence-corrected chi connectivity index (χ0v) is 9.49. The minimum absolute atomic E-state index is 0.00424. The Morgan fingerprint density at radius 3 is 2.67 bits per heavy atom. The van der Waals surface area contributed by atoms with Gasteiger partial charge in [-0.2, -0.15) is 13.2 Å². The van der Waals surface area contributed by atoms with Crippen molar-refractivity contribution < 1.29 is 27.8 Å². The molecule has 6 heteroatoms. The summed E-state index contributed by atoms with van der Waals surface area (Å²) in [6, 6.07) is 4.51. The Morgan fingerprint density at radius 2 is 2.11 bits per heavy atom. The Kier molecular flexibility index (Phi) is 4.36. The molecule has 0 aliphatic rings. The Morgan fingerprint density at radius 1 is 1.44 bits per heavy atom. The van der Waals surface area contributed by atoms with Crippen LogP contribution in [0.25, 0.3) is 6.08 Å². The third kappa shape index (κ3) is 4.90. The van der Waals surface area contributed by atoms with E-state index < -0.39 is 18.8 Å². The maximum absolute atomic E-state index is 12.0. The van der Waals surface area contributed by atoms with Gasteiger partial charge >= 0.3 is 12.1 Å². The number of aryl methyl sites for hydroxylation is 1. The maximum Gasteiger partial charge on any atom is 0.422 e. The minimum Gasteiger partial charge on any atom is -0.484 e. The Bertz CT molecular complexity index is 464. The molecule has 98 valence electrons. The molecule has 1 N–H and O–H groups in total. The lowest BCUT2D eigenvalue weighted by atomic mass is 10.1. The molecule has 1 rings (SSSR count). The number of hydrogen-bond acceptors (Lipinski definition) is 2. The fourth-order valence-corrected chi connectivity index (χ4v) is 1.25. The van der Waals surface area contributed by atoms with Crippen LogP contribution in [0.15, 0.2) is 24.3 Å². The number of alkyl halides is 3. The summed E-state index contributed by atoms with van der Waals surface area (Å²) in [6.45, 7) is 0.329. The number of aliphatic carboxylic acids is 1. The summed E-state index contributed by atoms with van der Waals surface area (Å²) in [7, 11) is 0. The molecule has 0 atom stereocenters. The third-order valence-corrected chi connectivity index (χ3v) is 1.96. The minimum atomic E-state index is -4.43. The summed E-state index contributed by atoms with van der Waals surface area (Å²) in [5.41, 5.74) is 1.08. The van der Waals surface area contributed by atoms with E-state index in [1.807, 2.05) is 0 Å². The van der Waals surface area contributed by atoms with Gasteiger partial charge in [-0.25, -0.2) is 4.79 Å². The first-order valence-corrected chi connectivity index (χ1v) is 4.99. The number of carboxylic acid groups (broad SMARTS) is 1. The van der Waals surface area contributed by atoms with Crippen molar-refractivity contribution in [3.63, 3.8) is 0 Å². The lowest BCUT2D eigenvalue weighted by molar-refractivity contribution is -0.153. The van der Waals surface area contributed by atoms with E-state index in [0.717, 1.165) is 11.6 Å². The standard InChI is InChI=1S/C12H11F3O3/c1-8-2-4-10(18-7-12(13,14)15)9(6-8)3-5-11(16)17/h2-6H,7H2,1H3,(H,16,17). The molecule has 0 saturated heterocycles. The van der Waals surface area contributed by atoms with Crippen molar-refractivity contribution in [2.45, 2.75) is 13.1 Å². The maximum atomic E-state index is 12.0. The number of carboxylic acids is 1. The van der Waals surface area contributed by atoms with Crippen molar-refractivity contribution in [2.75, 3.05) is 6.61 Å². The first-order valence-electron chi connectivity index (χ1n) is 4.99. The molecule has 0 heterocycles. The molecule has 0 bridgehead atoms. The van der Waals surface area contributed by atoms with Gasteiger partial charge in [-0.05, 0) is 25.1 Å². The summed E-state index contributed by atoms with van der Waals surface area (Å²) in [4.78, 5) is 10.4. The van der Waals surface area contributed by atoms with Crippen molar-refractivity contribution in [2.24, 2.45) is 0 Å². The van der Waals surface area contributed by atoms with Crippen LogP contribution in [0.2, 0.25) is 0 Å². The molecule has 0 radical (unpaired) electrons. The second kappa shape index (κ2) is 5.57. The van der Waals surface area contributed by atoms with E-state index in [9.17, 15) is 18.0 Å². The first kappa shape index (κ1) is 14.1. The van der Waals surface area contributed by atoms with Gasteiger partial charge in [0.1, 0.15) is 5.75 Å². The van der Waals surface area contributed by atoms with Crippen molar-refractivity contribution >= 4 is 12.0 Å². The molecule has 1 aromatic carbocycles. The second-order valence-electron chi connectivity index (χ2n) is 3.62. The van der Waals surface area contributed by atoms with Crippen molar-refractivity contribution in [3.8, 4) is 5.75 Å². The molecular weight excluding hydrogens is 249 g/mol. The van der Waals surface area contributed by atoms with E-state index in [-0.39, 0.29) is 5.75 Å². The summed E-state index contributed by atoms with van der Waals surface area (Å²) < 4.78 is 40.7. The Balaban J connectivity index is 2.93. The molecule has 0 spiro atoms. The van der Waals surface area contributed by atoms with Crippen LogP contribution >= 0.6 is 0 Å². The van der Waals surface area contributed by atoms with Gasteiger partial charge in [0.25, 0.3) is 0 Å². The van der Waals surface area contributed by atoms with E-state index in [4.69, 9.17) is 5.11 Å². The molecule has 18 heavy (non-hydrogen) atoms. The van der Waals surface area contributed by atoms with Crippen LogP contribution in [0.5, 0.6) is 5.75 Å². The molecule has 0 amide bonds. The number of ether oxygens (including phenoxy) is 1. The fourth-order valence-electron chi connectivity index (χ4n) is 1.25. The fraction of sp³-hybridized carbons (Fsp3) is 0.250. The summed E-state index contributed by atoms with van der Waals surface area (Å²) in [5.74, 6) is -1.19. The summed E-state index contributed by atoms with van der Waals surface area (Å²) in [6.07, 6.45) is -2.39. The zero-order valence-electron chi connectivity index (χ0n) is 9.49. The molecule has 0 unspecified atom stereocenters. The van der Waals surface area contributed by atoms with Crippen LogP contribution < -0.4 is 4.74 Å². The quantitative estimate of drug-likeness (QED) is 0.846. The normalized spacial score (nSPS) is 11.8. The average molecular weight is 260 g/mol. The van der Waals surface area contributed by atoms with Gasteiger partial charge in [0.15, 0.2) is 6.61 Å². The lowest BCUT2D eigenvalue weighted by Gasteiger charge is -2.11. The number of hydrogen-bond donors (Lipinski definition) is 1. The molecule has 0 aromatic heterocycles. The van der Waals surface area contributed by atoms with E-state index in [1.54, 1.807) is 19.1 Å². The third-order valence-electron chi connectivity index (χ3n) is 1.96. The van der Waals surface area contributed by atoms with Gasteiger partial charge in [0, 0.05) is 11.6 Å². The van der Waals surface area contributed by atoms with Crippen molar-refractivity contribution in [1.82, 2.24) is 0 Å². The van der Waals surface area contributed by atoms with Crippen molar-refractivity contribution in [1.29, 1.82) is 0 Å². The second-order valence-corrected chi connectivity index (χ2v) is 3.62. The number of rotatable bonds is 4. The number of benzene rings is 1. The molecule has 0 aliphatic carbocycles. The van der Waals surface area contributed by atoms with Crippen LogP contribution in [0.4, 0.5) is 13.2 Å². The highest BCUT2D eigenvalue weighted by Crippen LogP contribution is 2.24. The monoisotopic (exact) mass is 260 g/mol. The van der Waals surface area contributed by atoms with E-state index in [0.29, 0.717) is 5.56 Å². The number of halogens is 3. The van der Waals surface area contributed by atoms with Crippen LogP contribution in [-0.4, -0.2) is 23.9 Å². The lowest BCUT2D eigenvalue weighted by Crippen LogP contribution is -2.19. The van der Waals surface area contributed by atoms with Crippen LogP contribution in [-0.2, 0) is 4.79 Å².